The van der Waals surface area contributed by atoms with Crippen LogP contribution in [0.4, 0.5) is 0 Å². The third-order valence-corrected chi connectivity index (χ3v) is 6.41. The largest absolute Gasteiger partial charge is 0.508 e. The van der Waals surface area contributed by atoms with E-state index < -0.39 is 12.0 Å². The number of carbonyl (C=O) groups is 1. The van der Waals surface area contributed by atoms with Gasteiger partial charge in [-0.3, -0.25) is 9.36 Å². The Morgan fingerprint density at radius 2 is 1.90 bits per heavy atom. The highest BCUT2D eigenvalue weighted by Gasteiger charge is 2.33. The molecule has 6 nitrogen and oxygen atoms in total. The van der Waals surface area contributed by atoms with Crippen molar-refractivity contribution in [1.82, 2.24) is 4.57 Å². The highest BCUT2D eigenvalue weighted by molar-refractivity contribution is 9.10. The Morgan fingerprint density at radius 1 is 1.23 bits per heavy atom. The molecule has 0 radical (unpaired) electrons. The van der Waals surface area contributed by atoms with Crippen molar-refractivity contribution in [3.8, 4) is 5.75 Å². The second-order valence-corrected chi connectivity index (χ2v) is 8.87. The zero-order valence-corrected chi connectivity index (χ0v) is 19.2. The summed E-state index contributed by atoms with van der Waals surface area (Å²) in [6, 6.07) is 13.5. The van der Waals surface area contributed by atoms with Gasteiger partial charge in [0.15, 0.2) is 4.80 Å². The minimum absolute atomic E-state index is 0.156. The van der Waals surface area contributed by atoms with Gasteiger partial charge in [0, 0.05) is 4.47 Å². The van der Waals surface area contributed by atoms with Gasteiger partial charge in [0.1, 0.15) is 5.75 Å². The van der Waals surface area contributed by atoms with E-state index in [1.54, 1.807) is 48.8 Å². The normalized spacial score (nSPS) is 16.1. The number of nitrogens with zero attached hydrogens (tertiary/aromatic N) is 2. The van der Waals surface area contributed by atoms with E-state index in [2.05, 4.69) is 20.9 Å². The Hall–Kier alpha value is -2.97. The number of aromatic nitrogens is 1. The summed E-state index contributed by atoms with van der Waals surface area (Å²) in [5.74, 6) is -0.326. The lowest BCUT2D eigenvalue weighted by molar-refractivity contribution is -0.139. The number of halogens is 1. The molecular weight excluding hydrogens is 480 g/mol. The van der Waals surface area contributed by atoms with Crippen LogP contribution in [0.15, 0.2) is 74.1 Å². The van der Waals surface area contributed by atoms with Crippen molar-refractivity contribution in [2.45, 2.75) is 19.9 Å². The monoisotopic (exact) mass is 498 g/mol. The van der Waals surface area contributed by atoms with Crippen LogP contribution in [0, 0.1) is 0 Å². The Balaban J connectivity index is 1.94. The van der Waals surface area contributed by atoms with E-state index in [1.165, 1.54) is 11.3 Å². The van der Waals surface area contributed by atoms with Crippen molar-refractivity contribution in [3.63, 3.8) is 0 Å². The first-order valence-electron chi connectivity index (χ1n) is 9.63. The summed E-state index contributed by atoms with van der Waals surface area (Å²) in [6.45, 7) is 3.73. The molecule has 1 N–H and O–H groups in total. The van der Waals surface area contributed by atoms with Gasteiger partial charge in [-0.1, -0.05) is 51.5 Å². The van der Waals surface area contributed by atoms with Crippen LogP contribution in [0.2, 0.25) is 0 Å². The van der Waals surface area contributed by atoms with Gasteiger partial charge in [-0.05, 0) is 55.3 Å². The third-order valence-electron chi connectivity index (χ3n) is 4.89. The SMILES string of the molecule is CCOC(=O)C1=C(C)N=c2sc(=Cc3ccc(O)cc3)c(=O)n2[C@H]1c1ccc(Br)cc1. The van der Waals surface area contributed by atoms with Crippen molar-refractivity contribution < 1.29 is 14.6 Å². The predicted octanol–water partition coefficient (Wildman–Crippen LogP) is 3.27. The lowest BCUT2D eigenvalue weighted by Crippen LogP contribution is -2.39. The number of hydrogen-bond acceptors (Lipinski definition) is 6. The molecule has 0 saturated heterocycles. The van der Waals surface area contributed by atoms with Crippen LogP contribution in [0.5, 0.6) is 5.75 Å². The molecule has 0 aliphatic carbocycles. The van der Waals surface area contributed by atoms with Gasteiger partial charge in [-0.2, -0.15) is 0 Å². The van der Waals surface area contributed by atoms with Crippen molar-refractivity contribution in [2.75, 3.05) is 6.61 Å². The maximum atomic E-state index is 13.4. The van der Waals surface area contributed by atoms with Gasteiger partial charge in [0.25, 0.3) is 5.56 Å². The van der Waals surface area contributed by atoms with Gasteiger partial charge >= 0.3 is 5.97 Å². The smallest absolute Gasteiger partial charge is 0.338 e. The fourth-order valence-corrected chi connectivity index (χ4v) is 4.78. The molecule has 1 aromatic heterocycles. The summed E-state index contributed by atoms with van der Waals surface area (Å²) in [7, 11) is 0. The zero-order chi connectivity index (χ0) is 22.1. The number of esters is 1. The molecule has 0 spiro atoms. The minimum Gasteiger partial charge on any atom is -0.508 e. The Kier molecular flexibility index (Phi) is 5.93. The Bertz CT molecular complexity index is 1350. The molecular formula is C23H19BrN2O4S. The van der Waals surface area contributed by atoms with Crippen LogP contribution in [-0.4, -0.2) is 22.2 Å². The molecule has 2 aromatic carbocycles. The number of phenolic OH excluding ortho intramolecular Hbond substituents is 1. The van der Waals surface area contributed by atoms with Crippen LogP contribution in [-0.2, 0) is 9.53 Å². The number of rotatable bonds is 4. The van der Waals surface area contributed by atoms with Gasteiger partial charge < -0.3 is 9.84 Å². The number of aromatic hydroxyl groups is 1. The third kappa shape index (κ3) is 4.13. The fourth-order valence-electron chi connectivity index (χ4n) is 3.47. The molecule has 1 aliphatic rings. The van der Waals surface area contributed by atoms with Crippen LogP contribution < -0.4 is 14.9 Å². The zero-order valence-electron chi connectivity index (χ0n) is 16.8. The van der Waals surface area contributed by atoms with E-state index in [0.29, 0.717) is 20.6 Å². The molecule has 0 unspecified atom stereocenters. The number of phenols is 1. The summed E-state index contributed by atoms with van der Waals surface area (Å²) in [5, 5.41) is 9.50. The molecule has 1 atom stereocenters. The molecule has 8 heteroatoms. The second kappa shape index (κ2) is 8.64. The summed E-state index contributed by atoms with van der Waals surface area (Å²) >= 11 is 4.69. The molecule has 0 amide bonds. The van der Waals surface area contributed by atoms with Gasteiger partial charge in [-0.15, -0.1) is 0 Å². The highest BCUT2D eigenvalue weighted by atomic mass is 79.9. The number of ether oxygens (including phenoxy) is 1. The maximum Gasteiger partial charge on any atom is 0.338 e. The summed E-state index contributed by atoms with van der Waals surface area (Å²) < 4.78 is 8.23. The standard InChI is InChI=1S/C23H19BrN2O4S/c1-3-30-22(29)19-13(2)25-23-26(20(19)15-6-8-16(24)9-7-15)21(28)18(31-23)12-14-4-10-17(27)11-5-14/h4-12,20,27H,3H2,1-2H3/t20-/m0/s1. The Labute approximate surface area is 190 Å². The molecule has 4 rings (SSSR count). The van der Waals surface area contributed by atoms with Crippen LogP contribution in [0.25, 0.3) is 6.08 Å². The lowest BCUT2D eigenvalue weighted by Gasteiger charge is -2.24. The van der Waals surface area contributed by atoms with Crippen molar-refractivity contribution in [1.29, 1.82) is 0 Å². The number of benzene rings is 2. The van der Waals surface area contributed by atoms with Gasteiger partial charge in [-0.25, -0.2) is 9.79 Å². The number of allylic oxidation sites excluding steroid dienone is 1. The topological polar surface area (TPSA) is 80.9 Å². The molecule has 2 heterocycles. The lowest BCUT2D eigenvalue weighted by atomic mass is 9.96. The number of hydrogen-bond donors (Lipinski definition) is 1. The molecule has 3 aromatic rings. The summed E-state index contributed by atoms with van der Waals surface area (Å²) in [5.41, 5.74) is 2.22. The predicted molar refractivity (Wildman–Crippen MR) is 123 cm³/mol. The average molecular weight is 499 g/mol. The van der Waals surface area contributed by atoms with Gasteiger partial charge in [0.2, 0.25) is 0 Å². The van der Waals surface area contributed by atoms with Crippen LogP contribution in [0.1, 0.15) is 31.0 Å². The van der Waals surface area contributed by atoms with E-state index in [0.717, 1.165) is 15.6 Å². The van der Waals surface area contributed by atoms with Gasteiger partial charge in [0.05, 0.1) is 28.5 Å². The van der Waals surface area contributed by atoms with E-state index in [1.807, 2.05) is 24.3 Å². The van der Waals surface area contributed by atoms with Crippen LogP contribution >= 0.6 is 27.3 Å². The molecule has 0 bridgehead atoms. The highest BCUT2D eigenvalue weighted by Crippen LogP contribution is 2.31. The summed E-state index contributed by atoms with van der Waals surface area (Å²) in [6.07, 6.45) is 1.76. The second-order valence-electron chi connectivity index (χ2n) is 6.95. The van der Waals surface area contributed by atoms with Crippen molar-refractivity contribution >= 4 is 39.3 Å². The maximum absolute atomic E-state index is 13.4. The molecule has 0 fully saturated rings. The first-order valence-corrected chi connectivity index (χ1v) is 11.2. The van der Waals surface area contributed by atoms with Crippen LogP contribution in [0.3, 0.4) is 0 Å². The van der Waals surface area contributed by atoms with Crippen molar-refractivity contribution in [3.05, 3.63) is 95.1 Å². The fraction of sp³-hybridized carbons (Fsp3) is 0.174. The summed E-state index contributed by atoms with van der Waals surface area (Å²) in [4.78, 5) is 31.3. The molecule has 31 heavy (non-hydrogen) atoms. The molecule has 1 aliphatic heterocycles. The Morgan fingerprint density at radius 3 is 2.55 bits per heavy atom. The molecule has 158 valence electrons. The molecule has 0 saturated carbocycles. The number of thiazole rings is 1. The first kappa shape index (κ1) is 21.3. The number of fused-ring (bicyclic) bond motifs is 1. The quantitative estimate of drug-likeness (QED) is 0.559. The van der Waals surface area contributed by atoms with E-state index in [9.17, 15) is 14.7 Å². The number of carbonyl (C=O) groups excluding carboxylic acids is 1. The van der Waals surface area contributed by atoms with E-state index in [4.69, 9.17) is 4.74 Å². The van der Waals surface area contributed by atoms with E-state index in [-0.39, 0.29) is 17.9 Å². The van der Waals surface area contributed by atoms with Crippen molar-refractivity contribution in [2.24, 2.45) is 4.99 Å². The first-order chi connectivity index (χ1) is 14.9. The van der Waals surface area contributed by atoms with E-state index >= 15 is 0 Å². The average Bonchev–Trinajstić information content (AvgIpc) is 3.04. The minimum atomic E-state index is -0.634.